The van der Waals surface area contributed by atoms with E-state index in [4.69, 9.17) is 5.11 Å². The van der Waals surface area contributed by atoms with Crippen LogP contribution in [-0.2, 0) is 0 Å². The lowest BCUT2D eigenvalue weighted by atomic mass is 10.1. The summed E-state index contributed by atoms with van der Waals surface area (Å²) in [6.07, 6.45) is 2.65. The van der Waals surface area contributed by atoms with E-state index in [-0.39, 0.29) is 12.6 Å². The molecule has 0 aromatic rings. The van der Waals surface area contributed by atoms with Gasteiger partial charge in [-0.15, -0.1) is 0 Å². The molecule has 0 bridgehead atoms. The van der Waals surface area contributed by atoms with Crippen LogP contribution in [0.1, 0.15) is 6.42 Å². The number of rotatable bonds is 2. The van der Waals surface area contributed by atoms with Gasteiger partial charge in [0.05, 0.1) is 6.04 Å². The van der Waals surface area contributed by atoms with Crippen LogP contribution in [0.25, 0.3) is 0 Å². The van der Waals surface area contributed by atoms with Crippen molar-refractivity contribution >= 4 is 11.9 Å². The molecule has 2 atom stereocenters. The summed E-state index contributed by atoms with van der Waals surface area (Å²) in [6.45, 7) is -0.0816. The molecule has 2 aliphatic heterocycles. The second-order valence-electron chi connectivity index (χ2n) is 3.56. The van der Waals surface area contributed by atoms with Crippen LogP contribution in [-0.4, -0.2) is 57.8 Å². The van der Waals surface area contributed by atoms with Crippen molar-refractivity contribution in [2.45, 2.75) is 18.7 Å². The molecule has 0 aromatic heterocycles. The van der Waals surface area contributed by atoms with Crippen molar-refractivity contribution < 1.29 is 15.0 Å². The van der Waals surface area contributed by atoms with E-state index in [9.17, 15) is 9.90 Å². The van der Waals surface area contributed by atoms with Crippen LogP contribution < -0.4 is 0 Å². The first-order valence-corrected chi connectivity index (χ1v) is 4.76. The quantitative estimate of drug-likeness (QED) is 0.637. The zero-order valence-electron chi connectivity index (χ0n) is 8.37. The first-order valence-electron chi connectivity index (χ1n) is 4.76. The highest BCUT2D eigenvalue weighted by Gasteiger charge is 2.40. The standard InChI is InChI=1S/C9H13N3O3/c1-11-4-2-7-10-8(14)6(3-5-13)12(7)9(11)15/h2,4,6,8,13-14H,3,5H2,1H3/t6-,8-/m0/s1. The van der Waals surface area contributed by atoms with Crippen molar-refractivity contribution in [2.75, 3.05) is 13.7 Å². The summed E-state index contributed by atoms with van der Waals surface area (Å²) < 4.78 is 0. The van der Waals surface area contributed by atoms with Gasteiger partial charge in [0.1, 0.15) is 5.84 Å². The SMILES string of the molecule is CN1C=CC2=N[C@@H](O)[C@H](CCO)N2C1=O. The van der Waals surface area contributed by atoms with Crippen molar-refractivity contribution in [3.05, 3.63) is 12.3 Å². The second kappa shape index (κ2) is 3.63. The van der Waals surface area contributed by atoms with Crippen LogP contribution in [0.2, 0.25) is 0 Å². The van der Waals surface area contributed by atoms with E-state index >= 15 is 0 Å². The highest BCUT2D eigenvalue weighted by molar-refractivity contribution is 6.07. The lowest BCUT2D eigenvalue weighted by molar-refractivity contribution is 0.0964. The summed E-state index contributed by atoms with van der Waals surface area (Å²) >= 11 is 0. The Labute approximate surface area is 87.1 Å². The van der Waals surface area contributed by atoms with Gasteiger partial charge in [-0.05, 0) is 12.5 Å². The third-order valence-electron chi connectivity index (χ3n) is 2.57. The van der Waals surface area contributed by atoms with Gasteiger partial charge in [-0.25, -0.2) is 9.79 Å². The van der Waals surface area contributed by atoms with Gasteiger partial charge < -0.3 is 15.1 Å². The molecule has 0 saturated carbocycles. The summed E-state index contributed by atoms with van der Waals surface area (Å²) in [5.74, 6) is 0.462. The molecule has 0 fully saturated rings. The normalized spacial score (nSPS) is 29.5. The maximum atomic E-state index is 11.8. The van der Waals surface area contributed by atoms with Gasteiger partial charge >= 0.3 is 6.03 Å². The number of fused-ring (bicyclic) bond motifs is 1. The van der Waals surface area contributed by atoms with Gasteiger partial charge in [-0.2, -0.15) is 0 Å². The molecule has 82 valence electrons. The van der Waals surface area contributed by atoms with Crippen LogP contribution in [0.3, 0.4) is 0 Å². The van der Waals surface area contributed by atoms with Crippen LogP contribution in [0.5, 0.6) is 0 Å². The largest absolute Gasteiger partial charge is 0.396 e. The number of aliphatic hydroxyl groups is 2. The minimum atomic E-state index is -0.938. The van der Waals surface area contributed by atoms with Gasteiger partial charge in [0, 0.05) is 19.9 Å². The molecule has 0 aliphatic carbocycles. The van der Waals surface area contributed by atoms with Gasteiger partial charge in [0.15, 0.2) is 6.23 Å². The monoisotopic (exact) mass is 211 g/mol. The lowest BCUT2D eigenvalue weighted by Crippen LogP contribution is -2.50. The zero-order valence-corrected chi connectivity index (χ0v) is 8.37. The first-order chi connectivity index (χ1) is 7.15. The van der Waals surface area contributed by atoms with Crippen molar-refractivity contribution in [1.82, 2.24) is 9.80 Å². The first kappa shape index (κ1) is 10.1. The van der Waals surface area contributed by atoms with E-state index in [1.165, 1.54) is 9.80 Å². The highest BCUT2D eigenvalue weighted by Crippen LogP contribution is 2.23. The summed E-state index contributed by atoms with van der Waals surface area (Å²) in [5, 5.41) is 18.5. The van der Waals surface area contributed by atoms with Crippen molar-refractivity contribution in [3.63, 3.8) is 0 Å². The third-order valence-corrected chi connectivity index (χ3v) is 2.57. The molecule has 6 nitrogen and oxygen atoms in total. The van der Waals surface area contributed by atoms with E-state index in [1.54, 1.807) is 19.3 Å². The van der Waals surface area contributed by atoms with Gasteiger partial charge in [-0.1, -0.05) is 0 Å². The van der Waals surface area contributed by atoms with Gasteiger partial charge in [-0.3, -0.25) is 4.90 Å². The summed E-state index contributed by atoms with van der Waals surface area (Å²) in [6, 6.07) is -0.684. The molecule has 0 spiro atoms. The van der Waals surface area contributed by atoms with Crippen LogP contribution in [0.4, 0.5) is 4.79 Å². The molecular formula is C9H13N3O3. The number of aliphatic imine (C=N–C) groups is 1. The van der Waals surface area contributed by atoms with Crippen LogP contribution in [0, 0.1) is 0 Å². The van der Waals surface area contributed by atoms with Gasteiger partial charge in [0.25, 0.3) is 0 Å². The molecule has 2 heterocycles. The molecule has 0 aromatic carbocycles. The number of hydrogen-bond donors (Lipinski definition) is 2. The van der Waals surface area contributed by atoms with Crippen molar-refractivity contribution in [1.29, 1.82) is 0 Å². The molecule has 0 saturated heterocycles. The predicted octanol–water partition coefficient (Wildman–Crippen LogP) is -0.651. The number of amides is 2. The van der Waals surface area contributed by atoms with Crippen molar-refractivity contribution in [2.24, 2.45) is 4.99 Å². The Morgan fingerprint density at radius 1 is 1.60 bits per heavy atom. The Hall–Kier alpha value is -1.40. The Bertz CT molecular complexity index is 339. The number of amidine groups is 1. The predicted molar refractivity (Wildman–Crippen MR) is 53.1 cm³/mol. The fourth-order valence-corrected chi connectivity index (χ4v) is 1.77. The number of nitrogens with zero attached hydrogens (tertiary/aromatic N) is 3. The van der Waals surface area contributed by atoms with E-state index in [2.05, 4.69) is 4.99 Å². The smallest absolute Gasteiger partial charge is 0.329 e. The second-order valence-corrected chi connectivity index (χ2v) is 3.56. The topological polar surface area (TPSA) is 76.4 Å². The third kappa shape index (κ3) is 1.51. The summed E-state index contributed by atoms with van der Waals surface area (Å²) in [5.41, 5.74) is 0. The van der Waals surface area contributed by atoms with Crippen molar-refractivity contribution in [3.8, 4) is 0 Å². The average molecular weight is 211 g/mol. The minimum Gasteiger partial charge on any atom is -0.396 e. The fourth-order valence-electron chi connectivity index (χ4n) is 1.77. The molecule has 6 heteroatoms. The molecule has 15 heavy (non-hydrogen) atoms. The molecule has 0 radical (unpaired) electrons. The molecular weight excluding hydrogens is 198 g/mol. The molecule has 2 N–H and O–H groups in total. The van der Waals surface area contributed by atoms with E-state index in [0.29, 0.717) is 12.3 Å². The van der Waals surface area contributed by atoms with Crippen LogP contribution in [0.15, 0.2) is 17.3 Å². The lowest BCUT2D eigenvalue weighted by Gasteiger charge is -2.31. The molecule has 2 amide bonds. The Morgan fingerprint density at radius 3 is 3.00 bits per heavy atom. The molecule has 2 rings (SSSR count). The average Bonchev–Trinajstić information content (AvgIpc) is 2.51. The maximum Gasteiger partial charge on any atom is 0.329 e. The number of hydrogen-bond acceptors (Lipinski definition) is 4. The van der Waals surface area contributed by atoms with E-state index in [0.717, 1.165) is 0 Å². The summed E-state index contributed by atoms with van der Waals surface area (Å²) in [4.78, 5) is 18.5. The molecule has 2 aliphatic rings. The minimum absolute atomic E-state index is 0.0816. The van der Waals surface area contributed by atoms with Gasteiger partial charge in [0.2, 0.25) is 0 Å². The number of aliphatic hydroxyl groups excluding tert-OH is 2. The highest BCUT2D eigenvalue weighted by atomic mass is 16.3. The Balaban J connectivity index is 2.27. The number of urea groups is 1. The maximum absolute atomic E-state index is 11.8. The van der Waals surface area contributed by atoms with Crippen LogP contribution >= 0.6 is 0 Å². The number of carbonyl (C=O) groups is 1. The van der Waals surface area contributed by atoms with E-state index in [1.807, 2.05) is 0 Å². The Morgan fingerprint density at radius 2 is 2.33 bits per heavy atom. The van der Waals surface area contributed by atoms with E-state index < -0.39 is 12.3 Å². The number of carbonyl (C=O) groups excluding carboxylic acids is 1. The fraction of sp³-hybridized carbons (Fsp3) is 0.556. The molecule has 0 unspecified atom stereocenters. The Kier molecular flexibility index (Phi) is 2.45. The zero-order chi connectivity index (χ0) is 11.0. The summed E-state index contributed by atoms with van der Waals surface area (Å²) in [7, 11) is 1.64.